The highest BCUT2D eigenvalue weighted by atomic mass is 16.4. The predicted molar refractivity (Wildman–Crippen MR) is 97.2 cm³/mol. The molecular formula is C20H33NO2. The molecule has 0 saturated heterocycles. The molecule has 23 heavy (non-hydrogen) atoms. The Morgan fingerprint density at radius 2 is 2.00 bits per heavy atom. The first-order valence-corrected chi connectivity index (χ1v) is 9.29. The topological polar surface area (TPSA) is 61.2 Å². The molecule has 0 bridgehead atoms. The summed E-state index contributed by atoms with van der Waals surface area (Å²) < 4.78 is 0. The smallest absolute Gasteiger partial charge is 0.349 e. The molecule has 0 aromatic rings. The molecule has 0 aromatic carbocycles. The lowest BCUT2D eigenvalue weighted by molar-refractivity contribution is -0.129. The van der Waals surface area contributed by atoms with Crippen LogP contribution >= 0.6 is 0 Å². The van der Waals surface area contributed by atoms with E-state index in [1.807, 2.05) is 6.08 Å². The number of rotatable bonds is 13. The van der Waals surface area contributed by atoms with Crippen molar-refractivity contribution in [3.8, 4) is 0 Å². The van der Waals surface area contributed by atoms with Crippen LogP contribution in [-0.2, 0) is 4.79 Å². The van der Waals surface area contributed by atoms with Gasteiger partial charge in [0.1, 0.15) is 5.71 Å². The first-order chi connectivity index (χ1) is 11.1. The van der Waals surface area contributed by atoms with Crippen LogP contribution in [0.25, 0.3) is 0 Å². The molecule has 2 N–H and O–H groups in total. The summed E-state index contributed by atoms with van der Waals surface area (Å²) in [6.07, 6.45) is 20.6. The lowest BCUT2D eigenvalue weighted by Crippen LogP contribution is -2.10. The Hall–Kier alpha value is -1.38. The molecule has 3 heteroatoms. The number of carboxylic acid groups (broad SMARTS) is 1. The fraction of sp³-hybridized carbons (Fsp3) is 0.700. The Morgan fingerprint density at radius 3 is 2.74 bits per heavy atom. The second-order valence-corrected chi connectivity index (χ2v) is 6.60. The van der Waals surface area contributed by atoms with Gasteiger partial charge in [-0.2, -0.15) is 0 Å². The molecule has 0 aromatic heterocycles. The molecule has 0 aliphatic heterocycles. The van der Waals surface area contributed by atoms with Gasteiger partial charge in [-0.05, 0) is 50.9 Å². The van der Waals surface area contributed by atoms with Crippen LogP contribution in [-0.4, -0.2) is 16.8 Å². The zero-order valence-corrected chi connectivity index (χ0v) is 14.7. The number of aliphatic carboxylic acids is 1. The third-order valence-corrected chi connectivity index (χ3v) is 4.67. The average molecular weight is 319 g/mol. The average Bonchev–Trinajstić information content (AvgIpc) is 2.97. The highest BCUT2D eigenvalue weighted by molar-refractivity contribution is 6.34. The molecule has 0 saturated carbocycles. The molecule has 0 spiro atoms. The van der Waals surface area contributed by atoms with E-state index in [0.717, 1.165) is 6.42 Å². The number of hydrogen-bond acceptors (Lipinski definition) is 2. The lowest BCUT2D eigenvalue weighted by atomic mass is 9.93. The van der Waals surface area contributed by atoms with Crippen molar-refractivity contribution >= 4 is 11.7 Å². The summed E-state index contributed by atoms with van der Waals surface area (Å²) in [6, 6.07) is 0. The fourth-order valence-corrected chi connectivity index (χ4v) is 3.22. The van der Waals surface area contributed by atoms with E-state index in [0.29, 0.717) is 18.8 Å². The SMILES string of the molecule is CCCCCCCCC1=CCC[C@@H]1CC=CCCC(=N)C(=O)O. The molecule has 1 rings (SSSR count). The van der Waals surface area contributed by atoms with Crippen molar-refractivity contribution in [1.29, 1.82) is 5.41 Å². The van der Waals surface area contributed by atoms with Crippen LogP contribution in [0.4, 0.5) is 0 Å². The van der Waals surface area contributed by atoms with Gasteiger partial charge in [-0.25, -0.2) is 4.79 Å². The largest absolute Gasteiger partial charge is 0.477 e. The Kier molecular flexibility index (Phi) is 10.3. The lowest BCUT2D eigenvalue weighted by Gasteiger charge is -2.13. The molecule has 0 unspecified atom stereocenters. The first kappa shape index (κ1) is 19.7. The van der Waals surface area contributed by atoms with Crippen molar-refractivity contribution in [1.82, 2.24) is 0 Å². The van der Waals surface area contributed by atoms with E-state index < -0.39 is 5.97 Å². The van der Waals surface area contributed by atoms with E-state index in [1.54, 1.807) is 5.57 Å². The molecule has 3 nitrogen and oxygen atoms in total. The van der Waals surface area contributed by atoms with Crippen molar-refractivity contribution in [3.05, 3.63) is 23.8 Å². The van der Waals surface area contributed by atoms with Crippen LogP contribution in [0.1, 0.15) is 84.0 Å². The van der Waals surface area contributed by atoms with Crippen molar-refractivity contribution in [2.75, 3.05) is 0 Å². The molecule has 0 heterocycles. The maximum atomic E-state index is 10.5. The highest BCUT2D eigenvalue weighted by Crippen LogP contribution is 2.32. The van der Waals surface area contributed by atoms with Gasteiger partial charge < -0.3 is 5.11 Å². The number of hydrogen-bond donors (Lipinski definition) is 2. The van der Waals surface area contributed by atoms with Crippen LogP contribution in [0.5, 0.6) is 0 Å². The summed E-state index contributed by atoms with van der Waals surface area (Å²) in [5, 5.41) is 15.9. The number of carboxylic acids is 1. The number of allylic oxidation sites excluding steroid dienone is 4. The normalized spacial score (nSPS) is 17.6. The van der Waals surface area contributed by atoms with Gasteiger partial charge in [-0.3, -0.25) is 5.41 Å². The fourth-order valence-electron chi connectivity index (χ4n) is 3.22. The van der Waals surface area contributed by atoms with Gasteiger partial charge in [0, 0.05) is 0 Å². The molecule has 0 radical (unpaired) electrons. The van der Waals surface area contributed by atoms with Crippen molar-refractivity contribution in [2.45, 2.75) is 84.0 Å². The molecular weight excluding hydrogens is 286 g/mol. The molecule has 0 amide bonds. The van der Waals surface area contributed by atoms with E-state index in [4.69, 9.17) is 10.5 Å². The Bertz CT molecular complexity index is 423. The van der Waals surface area contributed by atoms with E-state index >= 15 is 0 Å². The van der Waals surface area contributed by atoms with Crippen LogP contribution in [0.3, 0.4) is 0 Å². The third kappa shape index (κ3) is 8.73. The van der Waals surface area contributed by atoms with Gasteiger partial charge in [0.2, 0.25) is 0 Å². The van der Waals surface area contributed by atoms with Gasteiger partial charge in [-0.1, -0.05) is 62.8 Å². The van der Waals surface area contributed by atoms with Crippen LogP contribution in [0.15, 0.2) is 23.8 Å². The molecule has 1 aliphatic carbocycles. The van der Waals surface area contributed by atoms with E-state index in [1.165, 1.54) is 57.8 Å². The van der Waals surface area contributed by atoms with Gasteiger partial charge in [0.25, 0.3) is 0 Å². The maximum Gasteiger partial charge on any atom is 0.349 e. The van der Waals surface area contributed by atoms with E-state index in [-0.39, 0.29) is 5.71 Å². The Labute approximate surface area is 141 Å². The van der Waals surface area contributed by atoms with Crippen molar-refractivity contribution < 1.29 is 9.90 Å². The maximum absolute atomic E-state index is 10.5. The minimum atomic E-state index is -1.10. The molecule has 1 aliphatic rings. The number of unbranched alkanes of at least 4 members (excludes halogenated alkanes) is 5. The third-order valence-electron chi connectivity index (χ3n) is 4.67. The van der Waals surface area contributed by atoms with Crippen LogP contribution < -0.4 is 0 Å². The first-order valence-electron chi connectivity index (χ1n) is 9.29. The van der Waals surface area contributed by atoms with Gasteiger partial charge in [-0.15, -0.1) is 0 Å². The molecule has 130 valence electrons. The van der Waals surface area contributed by atoms with Crippen molar-refractivity contribution in [2.24, 2.45) is 5.92 Å². The minimum absolute atomic E-state index is 0.195. The number of nitrogens with one attached hydrogen (secondary N) is 1. The summed E-state index contributed by atoms with van der Waals surface area (Å²) in [6.45, 7) is 2.26. The minimum Gasteiger partial charge on any atom is -0.477 e. The van der Waals surface area contributed by atoms with Gasteiger partial charge >= 0.3 is 5.97 Å². The summed E-state index contributed by atoms with van der Waals surface area (Å²) in [5.41, 5.74) is 1.45. The zero-order chi connectivity index (χ0) is 16.9. The molecule has 0 fully saturated rings. The Morgan fingerprint density at radius 1 is 1.26 bits per heavy atom. The second kappa shape index (κ2) is 12.1. The Balaban J connectivity index is 2.15. The van der Waals surface area contributed by atoms with Crippen molar-refractivity contribution in [3.63, 3.8) is 0 Å². The zero-order valence-electron chi connectivity index (χ0n) is 14.7. The quantitative estimate of drug-likeness (QED) is 0.252. The van der Waals surface area contributed by atoms with E-state index in [2.05, 4.69) is 19.1 Å². The van der Waals surface area contributed by atoms with Gasteiger partial charge in [0.05, 0.1) is 0 Å². The monoisotopic (exact) mass is 319 g/mol. The summed E-state index contributed by atoms with van der Waals surface area (Å²) >= 11 is 0. The van der Waals surface area contributed by atoms with Gasteiger partial charge in [0.15, 0.2) is 0 Å². The number of carbonyl (C=O) groups is 1. The standard InChI is InChI=1S/C20H33NO2/c1-2-3-4-5-6-8-12-17-14-11-15-18(17)13-9-7-10-16-19(21)20(22)23/h7,9,14,18,21H,2-6,8,10-13,15-16H2,1H3,(H,22,23)/t18-/m0/s1. The van der Waals surface area contributed by atoms with Crippen LogP contribution in [0, 0.1) is 11.3 Å². The summed E-state index contributed by atoms with van der Waals surface area (Å²) in [7, 11) is 0. The summed E-state index contributed by atoms with van der Waals surface area (Å²) in [4.78, 5) is 10.5. The second-order valence-electron chi connectivity index (χ2n) is 6.60. The molecule has 1 atom stereocenters. The summed E-state index contributed by atoms with van der Waals surface area (Å²) in [5.74, 6) is -0.404. The van der Waals surface area contributed by atoms with Crippen LogP contribution in [0.2, 0.25) is 0 Å². The van der Waals surface area contributed by atoms with E-state index in [9.17, 15) is 4.79 Å². The highest BCUT2D eigenvalue weighted by Gasteiger charge is 2.17. The predicted octanol–water partition coefficient (Wildman–Crippen LogP) is 5.90.